The standard InChI is InChI=1S/C11H12ClNO3/c1-11(2,10(15)16)9(14)13-8-5-3-4-7(12)6-8/h3-6H,1-2H3,(H,13,14)(H,15,16). The molecule has 0 saturated heterocycles. The number of aliphatic carboxylic acids is 1. The lowest BCUT2D eigenvalue weighted by molar-refractivity contribution is -0.151. The van der Waals surface area contributed by atoms with Crippen molar-refractivity contribution in [3.05, 3.63) is 29.3 Å². The first-order valence-corrected chi connectivity index (χ1v) is 5.02. The number of carboxylic acids is 1. The van der Waals surface area contributed by atoms with Crippen molar-refractivity contribution in [3.63, 3.8) is 0 Å². The van der Waals surface area contributed by atoms with Crippen LogP contribution in [-0.2, 0) is 9.59 Å². The van der Waals surface area contributed by atoms with Gasteiger partial charge in [0, 0.05) is 10.7 Å². The predicted molar refractivity (Wildman–Crippen MR) is 61.5 cm³/mol. The molecule has 0 radical (unpaired) electrons. The van der Waals surface area contributed by atoms with Gasteiger partial charge in [-0.1, -0.05) is 17.7 Å². The van der Waals surface area contributed by atoms with E-state index in [2.05, 4.69) is 5.32 Å². The number of benzene rings is 1. The van der Waals surface area contributed by atoms with E-state index in [-0.39, 0.29) is 0 Å². The molecule has 0 aliphatic carbocycles. The van der Waals surface area contributed by atoms with E-state index in [0.29, 0.717) is 10.7 Å². The van der Waals surface area contributed by atoms with Gasteiger partial charge >= 0.3 is 5.97 Å². The zero-order valence-corrected chi connectivity index (χ0v) is 9.71. The van der Waals surface area contributed by atoms with Crippen LogP contribution in [0.25, 0.3) is 0 Å². The second-order valence-corrected chi connectivity index (χ2v) is 4.33. The molecule has 1 amide bonds. The van der Waals surface area contributed by atoms with Gasteiger partial charge in [0.1, 0.15) is 5.41 Å². The van der Waals surface area contributed by atoms with Gasteiger partial charge in [0.2, 0.25) is 5.91 Å². The molecule has 0 spiro atoms. The van der Waals surface area contributed by atoms with E-state index in [1.54, 1.807) is 24.3 Å². The van der Waals surface area contributed by atoms with Crippen molar-refractivity contribution in [3.8, 4) is 0 Å². The van der Waals surface area contributed by atoms with Gasteiger partial charge in [-0.3, -0.25) is 9.59 Å². The van der Waals surface area contributed by atoms with Crippen LogP contribution < -0.4 is 5.32 Å². The van der Waals surface area contributed by atoms with Gasteiger partial charge in [-0.2, -0.15) is 0 Å². The summed E-state index contributed by atoms with van der Waals surface area (Å²) in [7, 11) is 0. The maximum Gasteiger partial charge on any atom is 0.318 e. The minimum atomic E-state index is -1.47. The summed E-state index contributed by atoms with van der Waals surface area (Å²) < 4.78 is 0. The van der Waals surface area contributed by atoms with Crippen molar-refractivity contribution >= 4 is 29.2 Å². The zero-order valence-electron chi connectivity index (χ0n) is 8.95. The third-order valence-corrected chi connectivity index (χ3v) is 2.42. The Bertz CT molecular complexity index is 429. The fraction of sp³-hybridized carbons (Fsp3) is 0.273. The van der Waals surface area contributed by atoms with E-state index in [1.807, 2.05) is 0 Å². The third kappa shape index (κ3) is 2.73. The minimum absolute atomic E-state index is 0.478. The molecule has 5 heteroatoms. The molecule has 0 aliphatic heterocycles. The monoisotopic (exact) mass is 241 g/mol. The highest BCUT2D eigenvalue weighted by Crippen LogP contribution is 2.20. The lowest BCUT2D eigenvalue weighted by atomic mass is 9.92. The SMILES string of the molecule is CC(C)(C(=O)O)C(=O)Nc1cccc(Cl)c1. The summed E-state index contributed by atoms with van der Waals surface area (Å²) in [6, 6.07) is 6.53. The van der Waals surface area contributed by atoms with Crippen LogP contribution >= 0.6 is 11.6 Å². The Kier molecular flexibility index (Phi) is 3.55. The Morgan fingerprint density at radius 2 is 2.00 bits per heavy atom. The maximum absolute atomic E-state index is 11.7. The van der Waals surface area contributed by atoms with Gasteiger partial charge in [-0.05, 0) is 32.0 Å². The molecule has 1 rings (SSSR count). The van der Waals surface area contributed by atoms with E-state index in [9.17, 15) is 9.59 Å². The van der Waals surface area contributed by atoms with Crippen LogP contribution in [0, 0.1) is 5.41 Å². The number of carbonyl (C=O) groups excluding carboxylic acids is 1. The van der Waals surface area contributed by atoms with E-state index in [1.165, 1.54) is 13.8 Å². The van der Waals surface area contributed by atoms with Crippen molar-refractivity contribution in [1.29, 1.82) is 0 Å². The molecule has 4 nitrogen and oxygen atoms in total. The fourth-order valence-electron chi connectivity index (χ4n) is 0.951. The van der Waals surface area contributed by atoms with E-state index in [4.69, 9.17) is 16.7 Å². The molecular weight excluding hydrogens is 230 g/mol. The van der Waals surface area contributed by atoms with Crippen molar-refractivity contribution in [2.24, 2.45) is 5.41 Å². The number of amides is 1. The van der Waals surface area contributed by atoms with Gasteiger partial charge in [0.05, 0.1) is 0 Å². The van der Waals surface area contributed by atoms with E-state index in [0.717, 1.165) is 0 Å². The summed E-state index contributed by atoms with van der Waals surface area (Å²) >= 11 is 5.74. The lowest BCUT2D eigenvalue weighted by Gasteiger charge is -2.18. The van der Waals surface area contributed by atoms with Gasteiger partial charge in [-0.15, -0.1) is 0 Å². The Morgan fingerprint density at radius 3 is 2.50 bits per heavy atom. The van der Waals surface area contributed by atoms with Gasteiger partial charge in [0.15, 0.2) is 0 Å². The quantitative estimate of drug-likeness (QED) is 0.799. The highest BCUT2D eigenvalue weighted by atomic mass is 35.5. The Balaban J connectivity index is 2.83. The van der Waals surface area contributed by atoms with Crippen LogP contribution in [0.15, 0.2) is 24.3 Å². The topological polar surface area (TPSA) is 66.4 Å². The lowest BCUT2D eigenvalue weighted by Crippen LogP contribution is -2.37. The van der Waals surface area contributed by atoms with Crippen LogP contribution in [0.5, 0.6) is 0 Å². The van der Waals surface area contributed by atoms with Crippen molar-refractivity contribution in [2.45, 2.75) is 13.8 Å². The Hall–Kier alpha value is -1.55. The second kappa shape index (κ2) is 4.53. The first kappa shape index (κ1) is 12.5. The summed E-state index contributed by atoms with van der Waals surface area (Å²) in [6.45, 7) is 2.68. The molecule has 1 aromatic rings. The van der Waals surface area contributed by atoms with E-state index < -0.39 is 17.3 Å². The average Bonchev–Trinajstić information content (AvgIpc) is 2.17. The molecule has 0 aromatic heterocycles. The first-order valence-electron chi connectivity index (χ1n) is 4.64. The molecule has 0 bridgehead atoms. The number of carbonyl (C=O) groups is 2. The zero-order chi connectivity index (χ0) is 12.3. The number of anilines is 1. The highest BCUT2D eigenvalue weighted by molar-refractivity contribution is 6.30. The molecule has 0 atom stereocenters. The Labute approximate surface area is 98.2 Å². The molecule has 16 heavy (non-hydrogen) atoms. The number of rotatable bonds is 3. The predicted octanol–water partition coefficient (Wildman–Crippen LogP) is 2.39. The number of halogens is 1. The second-order valence-electron chi connectivity index (χ2n) is 3.89. The molecular formula is C11H12ClNO3. The van der Waals surface area contributed by atoms with Gasteiger partial charge in [-0.25, -0.2) is 0 Å². The summed E-state index contributed by atoms with van der Waals surface area (Å²) in [5.41, 5.74) is -0.991. The van der Waals surface area contributed by atoms with Crippen LogP contribution in [-0.4, -0.2) is 17.0 Å². The number of carboxylic acid groups (broad SMARTS) is 1. The summed E-state index contributed by atoms with van der Waals surface area (Å²) in [4.78, 5) is 22.5. The molecule has 0 heterocycles. The first-order chi connectivity index (χ1) is 7.34. The molecule has 0 aliphatic rings. The van der Waals surface area contributed by atoms with Crippen molar-refractivity contribution < 1.29 is 14.7 Å². The summed E-state index contributed by atoms with van der Waals surface area (Å²) in [5.74, 6) is -1.76. The van der Waals surface area contributed by atoms with Gasteiger partial charge in [0.25, 0.3) is 0 Å². The van der Waals surface area contributed by atoms with E-state index >= 15 is 0 Å². The van der Waals surface area contributed by atoms with Crippen LogP contribution in [0.1, 0.15) is 13.8 Å². The average molecular weight is 242 g/mol. The number of nitrogens with one attached hydrogen (secondary N) is 1. The molecule has 86 valence electrons. The van der Waals surface area contributed by atoms with Gasteiger partial charge < -0.3 is 10.4 Å². The van der Waals surface area contributed by atoms with Crippen LogP contribution in [0.3, 0.4) is 0 Å². The molecule has 2 N–H and O–H groups in total. The fourth-order valence-corrected chi connectivity index (χ4v) is 1.14. The maximum atomic E-state index is 11.7. The summed E-state index contributed by atoms with van der Waals surface area (Å²) in [5, 5.41) is 11.8. The molecule has 1 aromatic carbocycles. The minimum Gasteiger partial charge on any atom is -0.480 e. The molecule has 0 fully saturated rings. The number of hydrogen-bond donors (Lipinski definition) is 2. The van der Waals surface area contributed by atoms with Crippen molar-refractivity contribution in [2.75, 3.05) is 5.32 Å². The van der Waals surface area contributed by atoms with Crippen molar-refractivity contribution in [1.82, 2.24) is 0 Å². The Morgan fingerprint density at radius 1 is 1.38 bits per heavy atom. The number of hydrogen-bond acceptors (Lipinski definition) is 2. The largest absolute Gasteiger partial charge is 0.480 e. The normalized spacial score (nSPS) is 10.9. The van der Waals surface area contributed by atoms with Crippen LogP contribution in [0.2, 0.25) is 5.02 Å². The highest BCUT2D eigenvalue weighted by Gasteiger charge is 2.35. The molecule has 0 unspecified atom stereocenters. The third-order valence-electron chi connectivity index (χ3n) is 2.18. The molecule has 0 saturated carbocycles. The van der Waals surface area contributed by atoms with Crippen LogP contribution in [0.4, 0.5) is 5.69 Å². The summed E-state index contributed by atoms with van der Waals surface area (Å²) in [6.07, 6.45) is 0. The smallest absolute Gasteiger partial charge is 0.318 e.